The summed E-state index contributed by atoms with van der Waals surface area (Å²) in [7, 11) is -1.95. The molecule has 1 heterocycles. The van der Waals surface area contributed by atoms with Gasteiger partial charge in [0, 0.05) is 18.0 Å². The number of aromatic nitrogens is 2. The average Bonchev–Trinajstić information content (AvgIpc) is 3.69. The number of nitrogens with zero attached hydrogens (tertiary/aromatic N) is 2. The lowest BCUT2D eigenvalue weighted by molar-refractivity contribution is 0.382. The van der Waals surface area contributed by atoms with Crippen LogP contribution in [0.2, 0.25) is 0 Å². The molecule has 5 aromatic rings. The first-order valence-electron chi connectivity index (χ1n) is 24.6. The fourth-order valence-corrected chi connectivity index (χ4v) is 14.3. The summed E-state index contributed by atoms with van der Waals surface area (Å²) in [5.74, 6) is 2.23. The normalized spacial score (nSPS) is 15.8. The molecule has 0 spiro atoms. The van der Waals surface area contributed by atoms with E-state index in [2.05, 4.69) is 175 Å². The highest BCUT2D eigenvalue weighted by atomic mass is 31.2. The van der Waals surface area contributed by atoms with Crippen LogP contribution in [0.4, 0.5) is 0 Å². The van der Waals surface area contributed by atoms with Crippen molar-refractivity contribution in [1.82, 2.24) is 9.55 Å². The van der Waals surface area contributed by atoms with Gasteiger partial charge in [-0.25, -0.2) is 4.98 Å². The van der Waals surface area contributed by atoms with Gasteiger partial charge in [-0.05, 0) is 146 Å². The maximum atomic E-state index is 6.56. The van der Waals surface area contributed by atoms with Gasteiger partial charge < -0.3 is 13.6 Å². The monoisotopic (exact) mass is 917 g/mol. The minimum atomic E-state index is -1.77. The van der Waals surface area contributed by atoms with Crippen molar-refractivity contribution in [2.24, 2.45) is 0 Å². The summed E-state index contributed by atoms with van der Waals surface area (Å²) in [6.07, 6.45) is 18.6. The van der Waals surface area contributed by atoms with Crippen LogP contribution >= 0.6 is 16.5 Å². The molecule has 2 aliphatic carbocycles. The summed E-state index contributed by atoms with van der Waals surface area (Å²) < 4.78 is 21.8. The Kier molecular flexibility index (Phi) is 16.5. The lowest BCUT2D eigenvalue weighted by Crippen LogP contribution is -2.31. The fraction of sp³-hybridized carbons (Fsp3) is 0.534. The third kappa shape index (κ3) is 13.5. The van der Waals surface area contributed by atoms with Gasteiger partial charge in [-0.2, -0.15) is 0 Å². The highest BCUT2D eigenvalue weighted by molar-refractivity contribution is 7.66. The summed E-state index contributed by atoms with van der Waals surface area (Å²) in [5, 5.41) is 0. The Balaban J connectivity index is 0.000000227. The number of hydrogen-bond acceptors (Lipinski definition) is 4. The minimum Gasteiger partial charge on any atom is -0.409 e. The second-order valence-electron chi connectivity index (χ2n) is 23.1. The first-order chi connectivity index (χ1) is 30.5. The Morgan fingerprint density at radius 3 is 1.35 bits per heavy atom. The van der Waals surface area contributed by atoms with Crippen LogP contribution in [0.25, 0.3) is 5.69 Å². The molecule has 4 aromatic carbocycles. The summed E-state index contributed by atoms with van der Waals surface area (Å²) >= 11 is 0. The van der Waals surface area contributed by atoms with Gasteiger partial charge in [-0.3, -0.25) is 4.57 Å². The van der Waals surface area contributed by atoms with Crippen LogP contribution < -0.4 is 19.1 Å². The molecule has 5 nitrogen and oxygen atoms in total. The van der Waals surface area contributed by atoms with Crippen LogP contribution in [0.3, 0.4) is 0 Å². The Labute approximate surface area is 397 Å². The van der Waals surface area contributed by atoms with Crippen LogP contribution in [0.15, 0.2) is 91.3 Å². The van der Waals surface area contributed by atoms with E-state index in [1.54, 1.807) is 0 Å². The van der Waals surface area contributed by atoms with Gasteiger partial charge in [0.25, 0.3) is 0 Å². The van der Waals surface area contributed by atoms with Gasteiger partial charge in [0.2, 0.25) is 0 Å². The Bertz CT molecular complexity index is 2190. The van der Waals surface area contributed by atoms with E-state index in [0.29, 0.717) is 0 Å². The lowest BCUT2D eigenvalue weighted by atomic mass is 9.80. The maximum Gasteiger partial charge on any atom is 0.530 e. The number of hydrogen-bond donors (Lipinski definition) is 0. The largest absolute Gasteiger partial charge is 0.530 e. The second-order valence-corrected chi connectivity index (χ2v) is 26.8. The van der Waals surface area contributed by atoms with Crippen LogP contribution in [-0.2, 0) is 21.7 Å². The Morgan fingerprint density at radius 1 is 0.508 bits per heavy atom. The fourth-order valence-electron chi connectivity index (χ4n) is 9.56. The van der Waals surface area contributed by atoms with Crippen LogP contribution in [0.5, 0.6) is 17.2 Å². The highest BCUT2D eigenvalue weighted by Gasteiger charge is 2.36. The molecule has 7 rings (SSSR count). The van der Waals surface area contributed by atoms with Gasteiger partial charge in [0.15, 0.2) is 0 Å². The summed E-state index contributed by atoms with van der Waals surface area (Å²) in [4.78, 5) is 5.04. The van der Waals surface area contributed by atoms with E-state index >= 15 is 0 Å². The summed E-state index contributed by atoms with van der Waals surface area (Å²) in [6.45, 7) is 33.3. The number of aryl methyl sites for hydroxylation is 3. The number of rotatable bonds is 10. The van der Waals surface area contributed by atoms with Gasteiger partial charge in [0.05, 0.1) is 5.69 Å². The predicted molar refractivity (Wildman–Crippen MR) is 281 cm³/mol. The zero-order valence-electron chi connectivity index (χ0n) is 42.9. The van der Waals surface area contributed by atoms with Crippen molar-refractivity contribution in [3.8, 4) is 22.9 Å². The molecule has 0 bridgehead atoms. The van der Waals surface area contributed by atoms with Gasteiger partial charge in [-0.1, -0.05) is 176 Å². The van der Waals surface area contributed by atoms with E-state index in [1.807, 2.05) is 24.3 Å². The molecule has 7 heteroatoms. The van der Waals surface area contributed by atoms with E-state index in [4.69, 9.17) is 18.6 Å². The summed E-state index contributed by atoms with van der Waals surface area (Å²) in [5.41, 5.74) is 13.7. The Hall–Kier alpha value is -3.65. The lowest BCUT2D eigenvalue weighted by Gasteiger charge is -2.38. The van der Waals surface area contributed by atoms with E-state index in [9.17, 15) is 0 Å². The molecule has 0 N–H and O–H groups in total. The third-order valence-corrected chi connectivity index (χ3v) is 17.8. The minimum absolute atomic E-state index is 0.0415. The molecule has 0 atom stereocenters. The van der Waals surface area contributed by atoms with Crippen LogP contribution in [-0.4, -0.2) is 20.9 Å². The number of benzene rings is 4. The zero-order valence-corrected chi connectivity index (χ0v) is 44.7. The van der Waals surface area contributed by atoms with Crippen LogP contribution in [0.1, 0.15) is 186 Å². The molecule has 0 unspecified atom stereocenters. The SMILES string of the molecule is CC(C)(C)c1ccc(OP(Oc2ccc(C(C)(C)C)cc2)Oc2ccc(C(C)(C)C)cc2C(C)(C)C)cc1.Cc1cc(C)c(-n2ccnc2P(C2CCCCC2)C2CCCCC2)c(C)c1. The molecule has 0 aliphatic heterocycles. The molecule has 0 amide bonds. The van der Waals surface area contributed by atoms with E-state index in [-0.39, 0.29) is 29.6 Å². The Morgan fingerprint density at radius 2 is 0.938 bits per heavy atom. The van der Waals surface area contributed by atoms with Gasteiger partial charge in [-0.15, -0.1) is 0 Å². The highest BCUT2D eigenvalue weighted by Crippen LogP contribution is 2.55. The van der Waals surface area contributed by atoms with Crippen molar-refractivity contribution in [2.45, 2.75) is 201 Å². The molecule has 65 heavy (non-hydrogen) atoms. The molecule has 2 fully saturated rings. The third-order valence-electron chi connectivity index (χ3n) is 13.3. The molecule has 2 aliphatic rings. The smallest absolute Gasteiger partial charge is 0.409 e. The van der Waals surface area contributed by atoms with Crippen molar-refractivity contribution in [2.75, 3.05) is 0 Å². The van der Waals surface area contributed by atoms with E-state index < -0.39 is 8.60 Å². The standard InChI is InChI=1S/C34H47O3P.C24H35N2P/c1-31(2,3)24-13-18-27(19-14-24)35-38(36-28-20-15-25(16-21-28)32(4,5)6)37-30-22-17-26(33(7,8)9)23-29(30)34(10,11)12;1-18-16-19(2)23(20(3)17-18)26-15-14-25-24(26)27(21-10-6-4-7-11-21)22-12-8-5-9-13-22/h13-23H,1-12H3;14-17,21-22H,4-13H2,1-3H3. The van der Waals surface area contributed by atoms with Crippen molar-refractivity contribution in [3.63, 3.8) is 0 Å². The average molecular weight is 917 g/mol. The van der Waals surface area contributed by atoms with Crippen molar-refractivity contribution in [1.29, 1.82) is 0 Å². The molecule has 0 radical (unpaired) electrons. The van der Waals surface area contributed by atoms with E-state index in [1.165, 1.54) is 109 Å². The van der Waals surface area contributed by atoms with Crippen molar-refractivity contribution in [3.05, 3.63) is 130 Å². The molecule has 1 aromatic heterocycles. The molecule has 2 saturated carbocycles. The molecule has 0 saturated heterocycles. The van der Waals surface area contributed by atoms with E-state index in [0.717, 1.165) is 34.1 Å². The second kappa shape index (κ2) is 21.1. The molecular formula is C58H82N2O3P2. The van der Waals surface area contributed by atoms with Crippen molar-refractivity contribution >= 4 is 22.1 Å². The first-order valence-corrected chi connectivity index (χ1v) is 27.2. The molecule has 352 valence electrons. The maximum absolute atomic E-state index is 6.56. The van der Waals surface area contributed by atoms with Gasteiger partial charge >= 0.3 is 8.60 Å². The number of imidazole rings is 1. The zero-order chi connectivity index (χ0) is 47.3. The molecular weight excluding hydrogens is 835 g/mol. The topological polar surface area (TPSA) is 45.5 Å². The first kappa shape index (κ1) is 50.8. The quantitative estimate of drug-likeness (QED) is 0.131. The van der Waals surface area contributed by atoms with Crippen molar-refractivity contribution < 1.29 is 13.6 Å². The summed E-state index contributed by atoms with van der Waals surface area (Å²) in [6, 6.07) is 27.6. The van der Waals surface area contributed by atoms with Gasteiger partial charge in [0.1, 0.15) is 22.8 Å². The van der Waals surface area contributed by atoms with Crippen LogP contribution in [0, 0.1) is 20.8 Å². The predicted octanol–water partition coefficient (Wildman–Crippen LogP) is 17.2.